The molecule has 0 unspecified atom stereocenters. The topological polar surface area (TPSA) is 81.1 Å². The number of hydrogen-bond acceptors (Lipinski definition) is 8. The second-order valence-corrected chi connectivity index (χ2v) is 7.76. The molecule has 2 aromatic heterocycles. The molecule has 2 heterocycles. The van der Waals surface area contributed by atoms with Crippen LogP contribution in [-0.2, 0) is 13.0 Å². The Morgan fingerprint density at radius 1 is 1.08 bits per heavy atom. The average Bonchev–Trinajstić information content (AvgIpc) is 3.28. The van der Waals surface area contributed by atoms with E-state index in [2.05, 4.69) is 45.5 Å². The number of hydrogen-bond donors (Lipinski definition) is 1. The van der Waals surface area contributed by atoms with Gasteiger partial charge in [0, 0.05) is 12.1 Å². The molecule has 0 fully saturated rings. The number of aromatic nitrogens is 3. The third-order valence-electron chi connectivity index (χ3n) is 3.89. The first-order valence-electron chi connectivity index (χ1n) is 8.05. The van der Waals surface area contributed by atoms with Gasteiger partial charge in [0.2, 0.25) is 11.8 Å². The lowest BCUT2D eigenvalue weighted by Gasteiger charge is -2.07. The van der Waals surface area contributed by atoms with Gasteiger partial charge in [-0.05, 0) is 30.3 Å². The van der Waals surface area contributed by atoms with Gasteiger partial charge >= 0.3 is 0 Å². The van der Waals surface area contributed by atoms with Crippen LogP contribution in [0.1, 0.15) is 16.8 Å². The number of nitrogens with two attached hydrogens (primary N) is 1. The van der Waals surface area contributed by atoms with Gasteiger partial charge in [-0.25, -0.2) is 9.29 Å². The largest absolute Gasteiger partial charge is 0.423 e. The van der Waals surface area contributed by atoms with E-state index < -0.39 is 0 Å². The number of rotatable bonds is 6. The summed E-state index contributed by atoms with van der Waals surface area (Å²) in [6, 6.07) is 16.7. The predicted molar refractivity (Wildman–Crippen MR) is 105 cm³/mol. The summed E-state index contributed by atoms with van der Waals surface area (Å²) in [4.78, 5) is 4.69. The van der Waals surface area contributed by atoms with Crippen LogP contribution in [0.5, 0.6) is 0 Å². The minimum atomic E-state index is 0.508. The van der Waals surface area contributed by atoms with Crippen molar-refractivity contribution in [3.63, 3.8) is 0 Å². The molecule has 4 aromatic rings. The van der Waals surface area contributed by atoms with Gasteiger partial charge in [-0.15, -0.1) is 21.5 Å². The molecular formula is C18H17N5OS2. The van der Waals surface area contributed by atoms with Gasteiger partial charge in [-0.2, -0.15) is 0 Å². The van der Waals surface area contributed by atoms with Crippen molar-refractivity contribution in [3.05, 3.63) is 65.3 Å². The van der Waals surface area contributed by atoms with Gasteiger partial charge in [-0.1, -0.05) is 36.4 Å². The Morgan fingerprint density at radius 3 is 2.69 bits per heavy atom. The third-order valence-corrected chi connectivity index (χ3v) is 5.40. The summed E-state index contributed by atoms with van der Waals surface area (Å²) in [5.74, 6) is 1.12. The van der Waals surface area contributed by atoms with Gasteiger partial charge in [0.1, 0.15) is 5.01 Å². The molecule has 0 atom stereocenters. The third kappa shape index (κ3) is 3.78. The maximum absolute atomic E-state index is 5.68. The molecule has 4 rings (SSSR count). The van der Waals surface area contributed by atoms with Crippen molar-refractivity contribution < 1.29 is 4.42 Å². The zero-order valence-electron chi connectivity index (χ0n) is 14.1. The van der Waals surface area contributed by atoms with Crippen LogP contribution >= 0.6 is 23.5 Å². The maximum atomic E-state index is 5.68. The van der Waals surface area contributed by atoms with Crippen LogP contribution in [0.25, 0.3) is 21.3 Å². The van der Waals surface area contributed by atoms with Crippen LogP contribution in [0.2, 0.25) is 0 Å². The molecule has 8 heteroatoms. The minimum absolute atomic E-state index is 0.508. The van der Waals surface area contributed by atoms with Gasteiger partial charge in [0.25, 0.3) is 0 Å². The van der Waals surface area contributed by atoms with E-state index in [1.807, 2.05) is 29.6 Å². The van der Waals surface area contributed by atoms with Crippen molar-refractivity contribution in [2.24, 2.45) is 5.14 Å². The first-order valence-corrected chi connectivity index (χ1v) is 9.71. The van der Waals surface area contributed by atoms with Gasteiger partial charge in [0.15, 0.2) is 0 Å². The summed E-state index contributed by atoms with van der Waals surface area (Å²) in [7, 11) is 1.87. The van der Waals surface area contributed by atoms with Crippen molar-refractivity contribution in [3.8, 4) is 11.1 Å². The summed E-state index contributed by atoms with van der Waals surface area (Å²) in [5.41, 5.74) is 3.38. The second kappa shape index (κ2) is 7.55. The van der Waals surface area contributed by atoms with E-state index in [0.29, 0.717) is 24.7 Å². The van der Waals surface area contributed by atoms with Crippen LogP contribution in [0.3, 0.4) is 0 Å². The molecular weight excluding hydrogens is 366 g/mol. The zero-order valence-corrected chi connectivity index (χ0v) is 15.8. The van der Waals surface area contributed by atoms with Crippen molar-refractivity contribution in [2.45, 2.75) is 13.0 Å². The number of fused-ring (bicyclic) bond motifs is 1. The molecule has 132 valence electrons. The fourth-order valence-electron chi connectivity index (χ4n) is 2.64. The van der Waals surface area contributed by atoms with Crippen LogP contribution in [-0.4, -0.2) is 26.5 Å². The van der Waals surface area contributed by atoms with E-state index in [0.717, 1.165) is 27.4 Å². The highest BCUT2D eigenvalue weighted by molar-refractivity contribution is 7.94. The van der Waals surface area contributed by atoms with E-state index in [1.165, 1.54) is 11.1 Å². The zero-order chi connectivity index (χ0) is 17.9. The van der Waals surface area contributed by atoms with Crippen LogP contribution in [0.4, 0.5) is 0 Å². The lowest BCUT2D eigenvalue weighted by Crippen LogP contribution is -2.11. The maximum Gasteiger partial charge on any atom is 0.231 e. The number of thiazole rings is 1. The highest BCUT2D eigenvalue weighted by Crippen LogP contribution is 2.29. The van der Waals surface area contributed by atoms with Gasteiger partial charge < -0.3 is 4.42 Å². The molecule has 2 aromatic carbocycles. The molecule has 0 aliphatic rings. The Balaban J connectivity index is 1.54. The molecule has 0 spiro atoms. The molecule has 2 N–H and O–H groups in total. The molecule has 0 radical (unpaired) electrons. The van der Waals surface area contributed by atoms with E-state index in [1.54, 1.807) is 11.3 Å². The summed E-state index contributed by atoms with van der Waals surface area (Å²) < 4.78 is 8.66. The Kier molecular flexibility index (Phi) is 4.98. The SMILES string of the molecule is CN(Cc1nnc(Cc2nc3ccc(-c4ccccc4)cc3s2)o1)SN. The van der Waals surface area contributed by atoms with Crippen molar-refractivity contribution in [1.29, 1.82) is 0 Å². The van der Waals surface area contributed by atoms with Crippen molar-refractivity contribution >= 4 is 33.7 Å². The Labute approximate surface area is 159 Å². The summed E-state index contributed by atoms with van der Waals surface area (Å²) in [5, 5.41) is 14.6. The van der Waals surface area contributed by atoms with Gasteiger partial charge in [-0.3, -0.25) is 5.14 Å². The summed E-state index contributed by atoms with van der Waals surface area (Å²) in [6.07, 6.45) is 0.534. The minimum Gasteiger partial charge on any atom is -0.423 e. The van der Waals surface area contributed by atoms with E-state index in [-0.39, 0.29) is 0 Å². The monoisotopic (exact) mass is 383 g/mol. The summed E-state index contributed by atoms with van der Waals surface area (Å²) in [6.45, 7) is 0.508. The van der Waals surface area contributed by atoms with Crippen LogP contribution in [0, 0.1) is 0 Å². The standard InChI is InChI=1S/C18H17N5OS2/c1-23(26-19)11-17-22-21-16(24-17)10-18-20-14-8-7-13(9-15(14)25-18)12-5-3-2-4-6-12/h2-9H,10-11,19H2,1H3. The van der Waals surface area contributed by atoms with Crippen LogP contribution < -0.4 is 5.14 Å². The fourth-order valence-corrected chi connectivity index (χ4v) is 3.82. The lowest BCUT2D eigenvalue weighted by molar-refractivity contribution is 0.405. The predicted octanol–water partition coefficient (Wildman–Crippen LogP) is 3.89. The smallest absolute Gasteiger partial charge is 0.231 e. The average molecular weight is 384 g/mol. The van der Waals surface area contributed by atoms with Crippen molar-refractivity contribution in [1.82, 2.24) is 19.5 Å². The second-order valence-electron chi connectivity index (χ2n) is 5.81. The molecule has 0 amide bonds. The quantitative estimate of drug-likeness (QED) is 0.506. The summed E-state index contributed by atoms with van der Waals surface area (Å²) >= 11 is 2.79. The number of benzene rings is 2. The molecule has 0 aliphatic carbocycles. The molecule has 0 saturated heterocycles. The molecule has 0 aliphatic heterocycles. The lowest BCUT2D eigenvalue weighted by atomic mass is 10.1. The Hall–Kier alpha value is -2.26. The number of nitrogens with zero attached hydrogens (tertiary/aromatic N) is 4. The molecule has 6 nitrogen and oxygen atoms in total. The van der Waals surface area contributed by atoms with Crippen molar-refractivity contribution in [2.75, 3.05) is 7.05 Å². The van der Waals surface area contributed by atoms with E-state index >= 15 is 0 Å². The first kappa shape index (κ1) is 17.2. The first-order chi connectivity index (χ1) is 12.7. The Morgan fingerprint density at radius 2 is 1.88 bits per heavy atom. The molecule has 0 bridgehead atoms. The fraction of sp³-hybridized carbons (Fsp3) is 0.167. The van der Waals surface area contributed by atoms with Crippen LogP contribution in [0.15, 0.2) is 52.9 Å². The van der Waals surface area contributed by atoms with E-state index in [9.17, 15) is 0 Å². The highest BCUT2D eigenvalue weighted by atomic mass is 32.2. The molecule has 0 saturated carbocycles. The molecule has 26 heavy (non-hydrogen) atoms. The van der Waals surface area contributed by atoms with Gasteiger partial charge in [0.05, 0.1) is 23.2 Å². The van der Waals surface area contributed by atoms with E-state index in [4.69, 9.17) is 9.56 Å². The highest BCUT2D eigenvalue weighted by Gasteiger charge is 2.12. The Bertz CT molecular complexity index is 1010. The normalized spacial score (nSPS) is 11.5.